The molecule has 3 rings (SSSR count). The van der Waals surface area contributed by atoms with E-state index in [0.717, 1.165) is 5.69 Å². The topological polar surface area (TPSA) is 82.5 Å². The molecule has 0 atom stereocenters. The van der Waals surface area contributed by atoms with Crippen molar-refractivity contribution in [1.29, 1.82) is 0 Å². The van der Waals surface area contributed by atoms with Crippen LogP contribution >= 0.6 is 23.2 Å². The number of hydrogen-bond donors (Lipinski definition) is 1. The van der Waals surface area contributed by atoms with Crippen molar-refractivity contribution >= 4 is 40.8 Å². The van der Waals surface area contributed by atoms with Crippen molar-refractivity contribution in [1.82, 2.24) is 9.78 Å². The van der Waals surface area contributed by atoms with Crippen LogP contribution in [0.5, 0.6) is 5.75 Å². The molecule has 0 aliphatic carbocycles. The molecule has 0 unspecified atom stereocenters. The van der Waals surface area contributed by atoms with E-state index in [1.807, 2.05) is 30.3 Å². The Morgan fingerprint density at radius 1 is 1.11 bits per heavy atom. The standard InChI is InChI=1S/C19H15Cl2N3O4/c1-27-15-10-24(12-6-3-2-4-7-12)23-18(15)19(26)28-11-16(25)22-14-9-5-8-13(20)17(14)21/h2-10H,11H2,1H3,(H,22,25). The van der Waals surface area contributed by atoms with Crippen molar-refractivity contribution < 1.29 is 19.1 Å². The Morgan fingerprint density at radius 3 is 2.57 bits per heavy atom. The normalized spacial score (nSPS) is 10.4. The van der Waals surface area contributed by atoms with Gasteiger partial charge in [-0.05, 0) is 24.3 Å². The summed E-state index contributed by atoms with van der Waals surface area (Å²) in [7, 11) is 1.41. The number of ether oxygens (including phenoxy) is 2. The van der Waals surface area contributed by atoms with Crippen molar-refractivity contribution in [2.24, 2.45) is 0 Å². The molecule has 144 valence electrons. The highest BCUT2D eigenvalue weighted by Crippen LogP contribution is 2.29. The molecular formula is C19H15Cl2N3O4. The predicted octanol–water partition coefficient (Wildman–Crippen LogP) is 3.98. The molecule has 0 radical (unpaired) electrons. The molecule has 0 aliphatic rings. The number of benzene rings is 2. The zero-order valence-electron chi connectivity index (χ0n) is 14.7. The maximum absolute atomic E-state index is 12.3. The third kappa shape index (κ3) is 4.44. The first-order valence-corrected chi connectivity index (χ1v) is 8.85. The van der Waals surface area contributed by atoms with Gasteiger partial charge in [0.05, 0.1) is 34.7 Å². The second kappa shape index (κ2) is 8.77. The molecule has 0 saturated carbocycles. The van der Waals surface area contributed by atoms with Gasteiger partial charge in [0.15, 0.2) is 12.4 Å². The Morgan fingerprint density at radius 2 is 1.86 bits per heavy atom. The summed E-state index contributed by atoms with van der Waals surface area (Å²) in [6, 6.07) is 14.0. The van der Waals surface area contributed by atoms with Crippen LogP contribution in [0, 0.1) is 0 Å². The molecule has 0 saturated heterocycles. The average Bonchev–Trinajstić information content (AvgIpc) is 3.15. The number of anilines is 1. The highest BCUT2D eigenvalue weighted by molar-refractivity contribution is 6.44. The van der Waals surface area contributed by atoms with E-state index in [4.69, 9.17) is 32.7 Å². The first-order valence-electron chi connectivity index (χ1n) is 8.09. The lowest BCUT2D eigenvalue weighted by molar-refractivity contribution is -0.119. The van der Waals surface area contributed by atoms with Gasteiger partial charge < -0.3 is 14.8 Å². The van der Waals surface area contributed by atoms with Crippen LogP contribution in [0.15, 0.2) is 54.7 Å². The van der Waals surface area contributed by atoms with E-state index in [1.165, 1.54) is 11.8 Å². The molecule has 0 aliphatic heterocycles. The lowest BCUT2D eigenvalue weighted by atomic mass is 10.3. The average molecular weight is 420 g/mol. The fourth-order valence-electron chi connectivity index (χ4n) is 2.35. The second-order valence-electron chi connectivity index (χ2n) is 5.55. The smallest absolute Gasteiger partial charge is 0.363 e. The van der Waals surface area contributed by atoms with Crippen LogP contribution in [-0.4, -0.2) is 35.4 Å². The van der Waals surface area contributed by atoms with E-state index in [-0.39, 0.29) is 16.5 Å². The van der Waals surface area contributed by atoms with Crippen LogP contribution in [0.4, 0.5) is 5.69 Å². The molecule has 0 spiro atoms. The molecular weight excluding hydrogens is 405 g/mol. The van der Waals surface area contributed by atoms with Gasteiger partial charge in [-0.15, -0.1) is 0 Å². The lowest BCUT2D eigenvalue weighted by Gasteiger charge is -2.08. The van der Waals surface area contributed by atoms with Crippen molar-refractivity contribution in [3.63, 3.8) is 0 Å². The number of nitrogens with one attached hydrogen (secondary N) is 1. The molecule has 9 heteroatoms. The minimum atomic E-state index is -0.793. The van der Waals surface area contributed by atoms with Gasteiger partial charge in [-0.1, -0.05) is 47.5 Å². The summed E-state index contributed by atoms with van der Waals surface area (Å²) in [6.45, 7) is -0.525. The maximum Gasteiger partial charge on any atom is 0.363 e. The Kier molecular flexibility index (Phi) is 6.18. The highest BCUT2D eigenvalue weighted by atomic mass is 35.5. The first kappa shape index (κ1) is 19.7. The van der Waals surface area contributed by atoms with Gasteiger partial charge in [0, 0.05) is 0 Å². The lowest BCUT2D eigenvalue weighted by Crippen LogP contribution is -2.21. The molecule has 3 aromatic rings. The molecule has 0 fully saturated rings. The molecule has 28 heavy (non-hydrogen) atoms. The molecule has 2 aromatic carbocycles. The summed E-state index contributed by atoms with van der Waals surface area (Å²) >= 11 is 11.9. The number of nitrogens with zero attached hydrogens (tertiary/aromatic N) is 2. The van der Waals surface area contributed by atoms with E-state index < -0.39 is 18.5 Å². The number of hydrogen-bond acceptors (Lipinski definition) is 5. The van der Waals surface area contributed by atoms with E-state index in [2.05, 4.69) is 10.4 Å². The van der Waals surface area contributed by atoms with Gasteiger partial charge >= 0.3 is 5.97 Å². The summed E-state index contributed by atoms with van der Waals surface area (Å²) in [5, 5.41) is 7.21. The van der Waals surface area contributed by atoms with Crippen molar-refractivity contribution in [3.05, 3.63) is 70.5 Å². The summed E-state index contributed by atoms with van der Waals surface area (Å²) in [6.07, 6.45) is 1.55. The van der Waals surface area contributed by atoms with Crippen LogP contribution in [0.25, 0.3) is 5.69 Å². The molecule has 1 aromatic heterocycles. The Bertz CT molecular complexity index is 1010. The number of carbonyl (C=O) groups excluding carboxylic acids is 2. The van der Waals surface area contributed by atoms with Gasteiger partial charge in [-0.3, -0.25) is 4.79 Å². The van der Waals surface area contributed by atoms with Crippen LogP contribution in [0.1, 0.15) is 10.5 Å². The van der Waals surface area contributed by atoms with Crippen LogP contribution < -0.4 is 10.1 Å². The molecule has 7 nitrogen and oxygen atoms in total. The van der Waals surface area contributed by atoms with Gasteiger partial charge in [-0.2, -0.15) is 5.10 Å². The predicted molar refractivity (Wildman–Crippen MR) is 105 cm³/mol. The van der Waals surface area contributed by atoms with E-state index in [1.54, 1.807) is 24.4 Å². The molecule has 1 amide bonds. The number of para-hydroxylation sites is 1. The summed E-state index contributed by atoms with van der Waals surface area (Å²) < 4.78 is 11.7. The Labute approximate surface area is 170 Å². The number of aromatic nitrogens is 2. The number of esters is 1. The van der Waals surface area contributed by atoms with Crippen molar-refractivity contribution in [3.8, 4) is 11.4 Å². The van der Waals surface area contributed by atoms with Crippen molar-refractivity contribution in [2.45, 2.75) is 0 Å². The van der Waals surface area contributed by atoms with Gasteiger partial charge in [0.25, 0.3) is 5.91 Å². The van der Waals surface area contributed by atoms with Gasteiger partial charge in [-0.25, -0.2) is 9.48 Å². The largest absolute Gasteiger partial charge is 0.493 e. The highest BCUT2D eigenvalue weighted by Gasteiger charge is 2.21. The fourth-order valence-corrected chi connectivity index (χ4v) is 2.70. The minimum Gasteiger partial charge on any atom is -0.493 e. The number of methoxy groups -OCH3 is 1. The van der Waals surface area contributed by atoms with Crippen molar-refractivity contribution in [2.75, 3.05) is 19.0 Å². The Balaban J connectivity index is 1.67. The molecule has 0 bridgehead atoms. The quantitative estimate of drug-likeness (QED) is 0.610. The monoisotopic (exact) mass is 419 g/mol. The van der Waals surface area contributed by atoms with Gasteiger partial charge in [0.2, 0.25) is 5.69 Å². The number of halogens is 2. The zero-order valence-corrected chi connectivity index (χ0v) is 16.2. The maximum atomic E-state index is 12.3. The minimum absolute atomic E-state index is 0.0417. The zero-order chi connectivity index (χ0) is 20.1. The fraction of sp³-hybridized carbons (Fsp3) is 0.105. The van der Waals surface area contributed by atoms with E-state index in [9.17, 15) is 9.59 Å². The second-order valence-corrected chi connectivity index (χ2v) is 6.34. The van der Waals surface area contributed by atoms with Gasteiger partial charge in [0.1, 0.15) is 0 Å². The SMILES string of the molecule is COc1cn(-c2ccccc2)nc1C(=O)OCC(=O)Nc1cccc(Cl)c1Cl. The molecule has 1 heterocycles. The van der Waals surface area contributed by atoms with E-state index >= 15 is 0 Å². The summed E-state index contributed by atoms with van der Waals surface area (Å²) in [5.41, 5.74) is 1.02. The first-order chi connectivity index (χ1) is 13.5. The van der Waals surface area contributed by atoms with E-state index in [0.29, 0.717) is 10.7 Å². The number of carbonyl (C=O) groups is 2. The third-order valence-corrected chi connectivity index (χ3v) is 4.49. The Hall–Kier alpha value is -3.03. The summed E-state index contributed by atoms with van der Waals surface area (Å²) in [5.74, 6) is -1.13. The number of rotatable bonds is 6. The van der Waals surface area contributed by atoms with Crippen LogP contribution in [-0.2, 0) is 9.53 Å². The summed E-state index contributed by atoms with van der Waals surface area (Å²) in [4.78, 5) is 24.4. The van der Waals surface area contributed by atoms with Crippen LogP contribution in [0.3, 0.4) is 0 Å². The van der Waals surface area contributed by atoms with Crippen LogP contribution in [0.2, 0.25) is 10.0 Å². The number of amides is 1. The molecule has 1 N–H and O–H groups in total. The third-order valence-electron chi connectivity index (χ3n) is 3.67.